The van der Waals surface area contributed by atoms with E-state index in [4.69, 9.17) is 21.1 Å². The Hall–Kier alpha value is -1.12. The Bertz CT molecular complexity index is 766. The van der Waals surface area contributed by atoms with E-state index in [-0.39, 0.29) is 17.4 Å². The standard InChI is InChI=1S/C14H18ClN3O4S/c1-8-5-21-6-9-7-22-10-11(14(3-4-14)23(2,19)20)16-13(15)17-12(10)18(8)9/h8-9H,3-7H2,1-2H3/t8-,9?/m1/s1. The summed E-state index contributed by atoms with van der Waals surface area (Å²) in [5.74, 6) is 1.05. The first kappa shape index (κ1) is 15.4. The Morgan fingerprint density at radius 1 is 1.26 bits per heavy atom. The zero-order valence-electron chi connectivity index (χ0n) is 13.0. The molecule has 7 nitrogen and oxygen atoms in total. The van der Waals surface area contributed by atoms with Crippen molar-refractivity contribution in [3.05, 3.63) is 11.0 Å². The number of morpholine rings is 1. The minimum Gasteiger partial charge on any atom is -0.486 e. The zero-order chi connectivity index (χ0) is 16.4. The largest absolute Gasteiger partial charge is 0.486 e. The highest BCUT2D eigenvalue weighted by molar-refractivity contribution is 7.92. The lowest BCUT2D eigenvalue weighted by molar-refractivity contribution is 0.0483. The maximum Gasteiger partial charge on any atom is 0.224 e. The summed E-state index contributed by atoms with van der Waals surface area (Å²) >= 11 is 6.11. The number of sulfone groups is 1. The van der Waals surface area contributed by atoms with Crippen LogP contribution in [-0.4, -0.2) is 56.5 Å². The SMILES string of the molecule is C[C@@H]1COCC2COc3c(nc(Cl)nc3C3(S(C)(=O)=O)CC3)N21. The quantitative estimate of drug-likeness (QED) is 0.732. The molecule has 1 aromatic heterocycles. The monoisotopic (exact) mass is 359 g/mol. The third kappa shape index (κ3) is 2.22. The molecule has 1 saturated carbocycles. The van der Waals surface area contributed by atoms with Gasteiger partial charge >= 0.3 is 0 Å². The molecule has 9 heteroatoms. The van der Waals surface area contributed by atoms with Gasteiger partial charge in [-0.05, 0) is 31.4 Å². The second-order valence-corrected chi connectivity index (χ2v) is 9.18. The van der Waals surface area contributed by atoms with Crippen LogP contribution in [0.15, 0.2) is 0 Å². The van der Waals surface area contributed by atoms with Gasteiger partial charge in [0.05, 0.1) is 25.3 Å². The highest BCUT2D eigenvalue weighted by Crippen LogP contribution is 2.56. The average Bonchev–Trinajstić information content (AvgIpc) is 3.27. The predicted octanol–water partition coefficient (Wildman–Crippen LogP) is 1.15. The van der Waals surface area contributed by atoms with Crippen LogP contribution in [0.5, 0.6) is 5.75 Å². The Morgan fingerprint density at radius 2 is 2.00 bits per heavy atom. The molecule has 1 aliphatic carbocycles. The molecule has 2 fully saturated rings. The Morgan fingerprint density at radius 3 is 2.65 bits per heavy atom. The first-order valence-corrected chi connectivity index (χ1v) is 9.87. The van der Waals surface area contributed by atoms with Gasteiger partial charge in [-0.15, -0.1) is 0 Å². The lowest BCUT2D eigenvalue weighted by atomic mass is 10.1. The van der Waals surface area contributed by atoms with Gasteiger partial charge in [0.15, 0.2) is 21.4 Å². The molecule has 3 aliphatic rings. The minimum absolute atomic E-state index is 0.0524. The molecule has 1 aromatic rings. The van der Waals surface area contributed by atoms with Crippen molar-refractivity contribution in [3.8, 4) is 5.75 Å². The van der Waals surface area contributed by atoms with E-state index in [0.29, 0.717) is 49.9 Å². The van der Waals surface area contributed by atoms with E-state index in [9.17, 15) is 8.42 Å². The van der Waals surface area contributed by atoms with Crippen molar-refractivity contribution < 1.29 is 17.9 Å². The maximum absolute atomic E-state index is 12.3. The van der Waals surface area contributed by atoms with E-state index >= 15 is 0 Å². The van der Waals surface area contributed by atoms with Crippen molar-refractivity contribution in [2.75, 3.05) is 31.0 Å². The van der Waals surface area contributed by atoms with Crippen LogP contribution in [0.25, 0.3) is 0 Å². The number of fused-ring (bicyclic) bond motifs is 3. The van der Waals surface area contributed by atoms with Gasteiger partial charge in [-0.3, -0.25) is 0 Å². The van der Waals surface area contributed by atoms with Crippen LogP contribution >= 0.6 is 11.6 Å². The molecule has 2 aliphatic heterocycles. The van der Waals surface area contributed by atoms with E-state index in [1.165, 1.54) is 6.26 Å². The Labute approximate surface area is 139 Å². The molecular formula is C14H18ClN3O4S. The van der Waals surface area contributed by atoms with Gasteiger partial charge in [-0.25, -0.2) is 13.4 Å². The van der Waals surface area contributed by atoms with Crippen LogP contribution in [0.3, 0.4) is 0 Å². The fourth-order valence-electron chi connectivity index (χ4n) is 3.51. The minimum atomic E-state index is -3.31. The number of rotatable bonds is 2. The summed E-state index contributed by atoms with van der Waals surface area (Å²) in [7, 11) is -3.31. The maximum atomic E-state index is 12.3. The van der Waals surface area contributed by atoms with Crippen LogP contribution in [0, 0.1) is 0 Å². The number of aromatic nitrogens is 2. The topological polar surface area (TPSA) is 81.6 Å². The first-order chi connectivity index (χ1) is 10.8. The fourth-order valence-corrected chi connectivity index (χ4v) is 5.01. The van der Waals surface area contributed by atoms with E-state index in [1.54, 1.807) is 0 Å². The molecule has 4 rings (SSSR count). The van der Waals surface area contributed by atoms with Gasteiger partial charge in [0.2, 0.25) is 5.28 Å². The van der Waals surface area contributed by atoms with Crippen molar-refractivity contribution in [3.63, 3.8) is 0 Å². The highest BCUT2D eigenvalue weighted by Gasteiger charge is 2.58. The third-order valence-electron chi connectivity index (χ3n) is 4.87. The van der Waals surface area contributed by atoms with Crippen molar-refractivity contribution in [2.45, 2.75) is 36.6 Å². The summed E-state index contributed by atoms with van der Waals surface area (Å²) in [4.78, 5) is 10.7. The van der Waals surface area contributed by atoms with Gasteiger partial charge in [-0.1, -0.05) is 0 Å². The van der Waals surface area contributed by atoms with Crippen LogP contribution in [-0.2, 0) is 19.3 Å². The first-order valence-electron chi connectivity index (χ1n) is 7.60. The number of hydrogen-bond donors (Lipinski definition) is 0. The van der Waals surface area contributed by atoms with Crippen LogP contribution in [0.4, 0.5) is 5.82 Å². The predicted molar refractivity (Wildman–Crippen MR) is 84.8 cm³/mol. The summed E-state index contributed by atoms with van der Waals surface area (Å²) in [5.41, 5.74) is 0.409. The van der Waals surface area contributed by atoms with E-state index in [1.807, 2.05) is 6.92 Å². The van der Waals surface area contributed by atoms with Gasteiger partial charge in [-0.2, -0.15) is 4.98 Å². The van der Waals surface area contributed by atoms with Crippen LogP contribution in [0.2, 0.25) is 5.28 Å². The van der Waals surface area contributed by atoms with Crippen molar-refractivity contribution in [1.29, 1.82) is 0 Å². The highest BCUT2D eigenvalue weighted by atomic mass is 35.5. The average molecular weight is 360 g/mol. The molecule has 0 N–H and O–H groups in total. The fraction of sp³-hybridized carbons (Fsp3) is 0.714. The second kappa shape index (κ2) is 4.94. The van der Waals surface area contributed by atoms with E-state index in [0.717, 1.165) is 0 Å². The number of nitrogens with zero attached hydrogens (tertiary/aromatic N) is 3. The molecule has 0 spiro atoms. The van der Waals surface area contributed by atoms with Crippen molar-refractivity contribution in [2.24, 2.45) is 0 Å². The molecule has 0 bridgehead atoms. The molecule has 126 valence electrons. The summed E-state index contributed by atoms with van der Waals surface area (Å²) in [6.07, 6.45) is 2.32. The number of halogens is 1. The normalized spacial score (nSPS) is 28.6. The third-order valence-corrected chi connectivity index (χ3v) is 7.06. The molecule has 0 amide bonds. The molecular weight excluding hydrogens is 342 g/mol. The Balaban J connectivity index is 1.89. The van der Waals surface area contributed by atoms with Gasteiger partial charge in [0, 0.05) is 6.26 Å². The van der Waals surface area contributed by atoms with E-state index < -0.39 is 14.6 Å². The molecule has 0 aromatic carbocycles. The molecule has 2 atom stereocenters. The molecule has 1 unspecified atom stereocenters. The summed E-state index contributed by atoms with van der Waals surface area (Å²) in [6, 6.07) is 0.169. The summed E-state index contributed by atoms with van der Waals surface area (Å²) in [5, 5.41) is 0.0524. The molecule has 0 radical (unpaired) electrons. The van der Waals surface area contributed by atoms with Gasteiger partial charge < -0.3 is 14.4 Å². The molecule has 23 heavy (non-hydrogen) atoms. The number of ether oxygens (including phenoxy) is 2. The second-order valence-electron chi connectivity index (χ2n) is 6.52. The molecule has 1 saturated heterocycles. The lowest BCUT2D eigenvalue weighted by Gasteiger charge is -2.44. The number of hydrogen-bond acceptors (Lipinski definition) is 7. The van der Waals surface area contributed by atoms with E-state index in [2.05, 4.69) is 14.9 Å². The zero-order valence-corrected chi connectivity index (χ0v) is 14.5. The summed E-state index contributed by atoms with van der Waals surface area (Å²) in [6.45, 7) is 3.61. The molecule has 3 heterocycles. The summed E-state index contributed by atoms with van der Waals surface area (Å²) < 4.78 is 35.0. The van der Waals surface area contributed by atoms with Crippen molar-refractivity contribution in [1.82, 2.24) is 9.97 Å². The smallest absolute Gasteiger partial charge is 0.224 e. The van der Waals surface area contributed by atoms with Gasteiger partial charge in [0.1, 0.15) is 17.0 Å². The Kier molecular flexibility index (Phi) is 3.31. The van der Waals surface area contributed by atoms with Crippen LogP contribution < -0.4 is 9.64 Å². The van der Waals surface area contributed by atoms with Crippen molar-refractivity contribution >= 4 is 27.3 Å². The lowest BCUT2D eigenvalue weighted by Crippen LogP contribution is -2.56. The van der Waals surface area contributed by atoms with Gasteiger partial charge in [0.25, 0.3) is 0 Å². The van der Waals surface area contributed by atoms with Crippen LogP contribution in [0.1, 0.15) is 25.5 Å². The number of anilines is 1.